The molecule has 0 bridgehead atoms. The highest BCUT2D eigenvalue weighted by atomic mass is 16.4. The molecular weight excluding hydrogens is 278 g/mol. The van der Waals surface area contributed by atoms with Gasteiger partial charge < -0.3 is 9.73 Å². The largest absolute Gasteiger partial charge is 0.419 e. The fourth-order valence-electron chi connectivity index (χ4n) is 2.19. The summed E-state index contributed by atoms with van der Waals surface area (Å²) in [6.45, 7) is 4.77. The summed E-state index contributed by atoms with van der Waals surface area (Å²) in [5, 5.41) is 15.8. The van der Waals surface area contributed by atoms with E-state index in [0.29, 0.717) is 18.3 Å². The van der Waals surface area contributed by atoms with Crippen LogP contribution in [0.25, 0.3) is 11.5 Å². The van der Waals surface area contributed by atoms with Crippen LogP contribution in [0.4, 0.5) is 0 Å². The fraction of sp³-hybridized carbons (Fsp3) is 0.312. The molecule has 3 aromatic rings. The lowest BCUT2D eigenvalue weighted by atomic mass is 10.2. The molecule has 1 aromatic carbocycles. The summed E-state index contributed by atoms with van der Waals surface area (Å²) < 4.78 is 7.61. The first-order chi connectivity index (χ1) is 10.7. The molecule has 0 unspecified atom stereocenters. The van der Waals surface area contributed by atoms with Crippen LogP contribution >= 0.6 is 0 Å². The monoisotopic (exact) mass is 297 g/mol. The summed E-state index contributed by atoms with van der Waals surface area (Å²) in [4.78, 5) is 0. The molecule has 6 heteroatoms. The maximum atomic E-state index is 5.68. The van der Waals surface area contributed by atoms with Crippen LogP contribution in [0.2, 0.25) is 0 Å². The number of nitrogens with zero attached hydrogens (tertiary/aromatic N) is 4. The number of nitrogens with one attached hydrogen (secondary N) is 1. The van der Waals surface area contributed by atoms with E-state index in [1.807, 2.05) is 47.3 Å². The average molecular weight is 297 g/mol. The Hall–Kier alpha value is -2.47. The quantitative estimate of drug-likeness (QED) is 0.757. The molecule has 2 aromatic heterocycles. The second-order valence-corrected chi connectivity index (χ2v) is 5.26. The molecule has 2 heterocycles. The van der Waals surface area contributed by atoms with Crippen LogP contribution in [0.15, 0.2) is 53.2 Å². The minimum absolute atomic E-state index is 0.229. The third kappa shape index (κ3) is 3.23. The highest BCUT2D eigenvalue weighted by Gasteiger charge is 2.15. The van der Waals surface area contributed by atoms with Gasteiger partial charge in [0.15, 0.2) is 0 Å². The van der Waals surface area contributed by atoms with Gasteiger partial charge in [0, 0.05) is 24.0 Å². The summed E-state index contributed by atoms with van der Waals surface area (Å²) in [5.41, 5.74) is 0.930. The van der Waals surface area contributed by atoms with Crippen molar-refractivity contribution in [1.29, 1.82) is 0 Å². The molecule has 0 saturated carbocycles. The molecule has 0 saturated heterocycles. The molecule has 0 radical (unpaired) electrons. The molecule has 2 atom stereocenters. The van der Waals surface area contributed by atoms with Gasteiger partial charge in [-0.05, 0) is 32.0 Å². The van der Waals surface area contributed by atoms with E-state index in [1.165, 1.54) is 0 Å². The van der Waals surface area contributed by atoms with Crippen molar-refractivity contribution >= 4 is 0 Å². The highest BCUT2D eigenvalue weighted by Crippen LogP contribution is 2.17. The van der Waals surface area contributed by atoms with E-state index >= 15 is 0 Å². The summed E-state index contributed by atoms with van der Waals surface area (Å²) in [6.07, 6.45) is 3.75. The first-order valence-corrected chi connectivity index (χ1v) is 7.34. The Morgan fingerprint density at radius 3 is 2.68 bits per heavy atom. The van der Waals surface area contributed by atoms with Crippen LogP contribution in [0, 0.1) is 0 Å². The van der Waals surface area contributed by atoms with Crippen LogP contribution in [0.1, 0.15) is 25.8 Å². The van der Waals surface area contributed by atoms with Gasteiger partial charge in [0.1, 0.15) is 0 Å². The molecule has 0 aliphatic rings. The van der Waals surface area contributed by atoms with Gasteiger partial charge >= 0.3 is 0 Å². The molecule has 3 rings (SSSR count). The second-order valence-electron chi connectivity index (χ2n) is 5.26. The smallest absolute Gasteiger partial charge is 0.247 e. The Bertz CT molecular complexity index is 692. The van der Waals surface area contributed by atoms with Crippen LogP contribution in [0.5, 0.6) is 0 Å². The third-order valence-electron chi connectivity index (χ3n) is 3.73. The number of rotatable bonds is 6. The molecule has 0 spiro atoms. The zero-order valence-corrected chi connectivity index (χ0v) is 12.7. The molecule has 0 fully saturated rings. The van der Waals surface area contributed by atoms with E-state index in [1.54, 1.807) is 6.20 Å². The molecule has 114 valence electrons. The predicted molar refractivity (Wildman–Crippen MR) is 83.0 cm³/mol. The van der Waals surface area contributed by atoms with Crippen molar-refractivity contribution in [2.75, 3.05) is 0 Å². The number of aromatic nitrogens is 4. The van der Waals surface area contributed by atoms with Gasteiger partial charge in [0.2, 0.25) is 11.8 Å². The van der Waals surface area contributed by atoms with E-state index in [4.69, 9.17) is 4.42 Å². The maximum absolute atomic E-state index is 5.68. The lowest BCUT2D eigenvalue weighted by Gasteiger charge is -2.20. The van der Waals surface area contributed by atoms with E-state index < -0.39 is 0 Å². The lowest BCUT2D eigenvalue weighted by molar-refractivity contribution is 0.349. The topological polar surface area (TPSA) is 68.8 Å². The first-order valence-electron chi connectivity index (χ1n) is 7.34. The minimum atomic E-state index is 0.229. The Morgan fingerprint density at radius 2 is 1.95 bits per heavy atom. The van der Waals surface area contributed by atoms with Crippen molar-refractivity contribution < 1.29 is 4.42 Å². The fourth-order valence-corrected chi connectivity index (χ4v) is 2.19. The van der Waals surface area contributed by atoms with Gasteiger partial charge in [0.05, 0.1) is 12.6 Å². The van der Waals surface area contributed by atoms with Crippen LogP contribution in [-0.2, 0) is 6.54 Å². The molecule has 1 N–H and O–H groups in total. The third-order valence-corrected chi connectivity index (χ3v) is 3.73. The van der Waals surface area contributed by atoms with E-state index in [-0.39, 0.29) is 12.1 Å². The Morgan fingerprint density at radius 1 is 1.14 bits per heavy atom. The number of hydrogen-bond donors (Lipinski definition) is 1. The standard InChI is InChI=1S/C16H19N5O/c1-12(13(2)21-10-6-9-18-21)17-11-15-19-20-16(22-15)14-7-4-3-5-8-14/h3-10,12-13,17H,11H2,1-2H3/t12-,13+/m1/s1. The number of benzene rings is 1. The number of hydrogen-bond acceptors (Lipinski definition) is 5. The van der Waals surface area contributed by atoms with Gasteiger partial charge in [0.25, 0.3) is 0 Å². The summed E-state index contributed by atoms with van der Waals surface area (Å²) in [7, 11) is 0. The summed E-state index contributed by atoms with van der Waals surface area (Å²) in [6, 6.07) is 12.2. The van der Waals surface area contributed by atoms with E-state index in [2.05, 4.69) is 34.5 Å². The van der Waals surface area contributed by atoms with Crippen LogP contribution in [-0.4, -0.2) is 26.0 Å². The molecular formula is C16H19N5O. The molecule has 0 amide bonds. The second kappa shape index (κ2) is 6.53. The lowest BCUT2D eigenvalue weighted by Crippen LogP contribution is -2.33. The normalized spacial score (nSPS) is 13.9. The Labute approximate surface area is 129 Å². The zero-order chi connectivity index (χ0) is 15.4. The highest BCUT2D eigenvalue weighted by molar-refractivity contribution is 5.51. The first kappa shape index (κ1) is 14.5. The Kier molecular flexibility index (Phi) is 4.29. The van der Waals surface area contributed by atoms with Gasteiger partial charge in [-0.15, -0.1) is 10.2 Å². The predicted octanol–water partition coefficient (Wildman–Crippen LogP) is 2.67. The average Bonchev–Trinajstić information content (AvgIpc) is 3.24. The SMILES string of the molecule is C[C@@H](NCc1nnc(-c2ccccc2)o1)[C@H](C)n1cccn1. The van der Waals surface area contributed by atoms with Gasteiger partial charge in [-0.3, -0.25) is 4.68 Å². The van der Waals surface area contributed by atoms with Crippen molar-refractivity contribution in [3.63, 3.8) is 0 Å². The zero-order valence-electron chi connectivity index (χ0n) is 12.7. The van der Waals surface area contributed by atoms with Crippen molar-refractivity contribution in [1.82, 2.24) is 25.3 Å². The molecule has 0 aliphatic carbocycles. The maximum Gasteiger partial charge on any atom is 0.247 e. The molecule has 0 aliphatic heterocycles. The van der Waals surface area contributed by atoms with Crippen LogP contribution in [0.3, 0.4) is 0 Å². The van der Waals surface area contributed by atoms with Gasteiger partial charge in [-0.2, -0.15) is 5.10 Å². The van der Waals surface area contributed by atoms with Crippen molar-refractivity contribution in [3.05, 3.63) is 54.7 Å². The summed E-state index contributed by atoms with van der Waals surface area (Å²) >= 11 is 0. The van der Waals surface area contributed by atoms with Crippen molar-refractivity contribution in [2.24, 2.45) is 0 Å². The van der Waals surface area contributed by atoms with Crippen LogP contribution < -0.4 is 5.32 Å². The minimum Gasteiger partial charge on any atom is -0.419 e. The van der Waals surface area contributed by atoms with E-state index in [9.17, 15) is 0 Å². The van der Waals surface area contributed by atoms with Gasteiger partial charge in [-0.1, -0.05) is 18.2 Å². The molecule has 22 heavy (non-hydrogen) atoms. The molecule has 6 nitrogen and oxygen atoms in total. The van der Waals surface area contributed by atoms with Crippen molar-refractivity contribution in [2.45, 2.75) is 32.5 Å². The van der Waals surface area contributed by atoms with Gasteiger partial charge in [-0.25, -0.2) is 0 Å². The summed E-state index contributed by atoms with van der Waals surface area (Å²) in [5.74, 6) is 1.13. The Balaban J connectivity index is 1.59. The van der Waals surface area contributed by atoms with Crippen molar-refractivity contribution in [3.8, 4) is 11.5 Å². The van der Waals surface area contributed by atoms with E-state index in [0.717, 1.165) is 5.56 Å².